The number of anilines is 1. The monoisotopic (exact) mass is 288 g/mol. The number of nitrogens with zero attached hydrogens (tertiary/aromatic N) is 1. The van der Waals surface area contributed by atoms with Gasteiger partial charge in [0.2, 0.25) is 0 Å². The number of urea groups is 1. The van der Waals surface area contributed by atoms with Crippen molar-refractivity contribution in [3.63, 3.8) is 0 Å². The maximum atomic E-state index is 12.8. The van der Waals surface area contributed by atoms with Crippen LogP contribution in [0.3, 0.4) is 0 Å². The van der Waals surface area contributed by atoms with Gasteiger partial charge in [0.1, 0.15) is 5.82 Å². The molecule has 2 aromatic carbocycles. The molecule has 0 heterocycles. The van der Waals surface area contributed by atoms with Crippen LogP contribution in [0, 0.1) is 5.82 Å². The lowest BCUT2D eigenvalue weighted by molar-refractivity contribution is 0.185. The first-order chi connectivity index (χ1) is 10.2. The number of carbonyl (C=O) groups excluding carboxylic acids is 1. The van der Waals surface area contributed by atoms with Gasteiger partial charge in [0, 0.05) is 18.8 Å². The summed E-state index contributed by atoms with van der Waals surface area (Å²) < 4.78 is 12.8. The minimum absolute atomic E-state index is 0.121. The summed E-state index contributed by atoms with van der Waals surface area (Å²) in [6, 6.07) is 14.7. The van der Waals surface area contributed by atoms with E-state index in [1.165, 1.54) is 29.2 Å². The molecule has 0 atom stereocenters. The summed E-state index contributed by atoms with van der Waals surface area (Å²) in [6.07, 6.45) is 0. The largest absolute Gasteiger partial charge is 0.395 e. The highest BCUT2D eigenvalue weighted by Gasteiger charge is 2.13. The Bertz CT molecular complexity index is 573. The van der Waals surface area contributed by atoms with Crippen molar-refractivity contribution < 1.29 is 14.3 Å². The van der Waals surface area contributed by atoms with Gasteiger partial charge in [0.05, 0.1) is 6.61 Å². The fourth-order valence-corrected chi connectivity index (χ4v) is 1.91. The Balaban J connectivity index is 2.03. The van der Waals surface area contributed by atoms with Crippen molar-refractivity contribution in [3.8, 4) is 0 Å². The average molecular weight is 288 g/mol. The lowest BCUT2D eigenvalue weighted by Gasteiger charge is -2.22. The third-order valence-corrected chi connectivity index (χ3v) is 2.97. The Labute approximate surface area is 122 Å². The van der Waals surface area contributed by atoms with Gasteiger partial charge in [0.15, 0.2) is 0 Å². The Kier molecular flexibility index (Phi) is 5.29. The molecule has 0 aromatic heterocycles. The maximum absolute atomic E-state index is 12.8. The molecular formula is C16H17FN2O2. The van der Waals surface area contributed by atoms with Crippen molar-refractivity contribution >= 4 is 11.7 Å². The highest BCUT2D eigenvalue weighted by molar-refractivity contribution is 5.89. The molecule has 0 aliphatic rings. The van der Waals surface area contributed by atoms with Gasteiger partial charge in [-0.15, -0.1) is 0 Å². The van der Waals surface area contributed by atoms with Gasteiger partial charge in [-0.1, -0.05) is 30.3 Å². The molecule has 0 unspecified atom stereocenters. The van der Waals surface area contributed by atoms with Gasteiger partial charge in [-0.3, -0.25) is 0 Å². The fourth-order valence-electron chi connectivity index (χ4n) is 1.91. The Morgan fingerprint density at radius 1 is 1.10 bits per heavy atom. The second-order valence-electron chi connectivity index (χ2n) is 4.57. The molecule has 0 aliphatic heterocycles. The van der Waals surface area contributed by atoms with E-state index >= 15 is 0 Å². The van der Waals surface area contributed by atoms with Gasteiger partial charge in [-0.2, -0.15) is 0 Å². The number of halogens is 1. The first-order valence-corrected chi connectivity index (χ1v) is 6.65. The summed E-state index contributed by atoms with van der Waals surface area (Å²) in [4.78, 5) is 13.7. The van der Waals surface area contributed by atoms with E-state index in [4.69, 9.17) is 5.11 Å². The third-order valence-electron chi connectivity index (χ3n) is 2.97. The molecule has 2 rings (SSSR count). The molecule has 21 heavy (non-hydrogen) atoms. The van der Waals surface area contributed by atoms with Crippen LogP contribution in [0.2, 0.25) is 0 Å². The molecule has 0 radical (unpaired) electrons. The predicted molar refractivity (Wildman–Crippen MR) is 79.4 cm³/mol. The Morgan fingerprint density at radius 2 is 1.76 bits per heavy atom. The van der Waals surface area contributed by atoms with Crippen LogP contribution >= 0.6 is 0 Å². The molecule has 2 amide bonds. The van der Waals surface area contributed by atoms with E-state index in [0.717, 1.165) is 5.56 Å². The van der Waals surface area contributed by atoms with Crippen molar-refractivity contribution in [2.45, 2.75) is 6.54 Å². The molecule has 0 bridgehead atoms. The summed E-state index contributed by atoms with van der Waals surface area (Å²) in [7, 11) is 0. The molecule has 0 aliphatic carbocycles. The van der Waals surface area contributed by atoms with E-state index in [9.17, 15) is 9.18 Å². The Hall–Kier alpha value is -2.40. The highest BCUT2D eigenvalue weighted by atomic mass is 19.1. The van der Waals surface area contributed by atoms with Gasteiger partial charge < -0.3 is 15.3 Å². The van der Waals surface area contributed by atoms with Crippen LogP contribution in [-0.4, -0.2) is 29.2 Å². The minimum atomic E-state index is -0.357. The zero-order valence-electron chi connectivity index (χ0n) is 11.5. The molecule has 2 N–H and O–H groups in total. The summed E-state index contributed by atoms with van der Waals surface area (Å²) in [5.74, 6) is -0.357. The second kappa shape index (κ2) is 7.40. The first-order valence-electron chi connectivity index (χ1n) is 6.65. The van der Waals surface area contributed by atoms with Gasteiger partial charge >= 0.3 is 6.03 Å². The van der Waals surface area contributed by atoms with E-state index in [1.807, 2.05) is 30.3 Å². The van der Waals surface area contributed by atoms with Crippen molar-refractivity contribution in [2.24, 2.45) is 0 Å². The van der Waals surface area contributed by atoms with E-state index in [0.29, 0.717) is 12.2 Å². The SMILES string of the molecule is O=C(Nc1ccc(F)cc1)N(CCO)Cc1ccccc1. The van der Waals surface area contributed by atoms with Crippen LogP contribution in [0.25, 0.3) is 0 Å². The number of rotatable bonds is 5. The second-order valence-corrected chi connectivity index (χ2v) is 4.57. The number of amides is 2. The molecule has 4 nitrogen and oxygen atoms in total. The third kappa shape index (κ3) is 4.57. The van der Waals surface area contributed by atoms with E-state index in [-0.39, 0.29) is 25.0 Å². The van der Waals surface area contributed by atoms with Crippen molar-refractivity contribution in [3.05, 3.63) is 66.0 Å². The zero-order chi connectivity index (χ0) is 15.1. The molecule has 0 fully saturated rings. The number of nitrogens with one attached hydrogen (secondary N) is 1. The van der Waals surface area contributed by atoms with Crippen LogP contribution in [0.1, 0.15) is 5.56 Å². The molecule has 5 heteroatoms. The average Bonchev–Trinajstić information content (AvgIpc) is 2.50. The van der Waals surface area contributed by atoms with Crippen molar-refractivity contribution in [2.75, 3.05) is 18.5 Å². The van der Waals surface area contributed by atoms with E-state index in [2.05, 4.69) is 5.32 Å². The molecule has 2 aromatic rings. The van der Waals surface area contributed by atoms with E-state index in [1.54, 1.807) is 0 Å². The number of hydrogen-bond acceptors (Lipinski definition) is 2. The summed E-state index contributed by atoms with van der Waals surface area (Å²) in [5.41, 5.74) is 1.48. The molecule has 110 valence electrons. The fraction of sp³-hybridized carbons (Fsp3) is 0.188. The van der Waals surface area contributed by atoms with Crippen LogP contribution in [-0.2, 0) is 6.54 Å². The molecule has 0 spiro atoms. The lowest BCUT2D eigenvalue weighted by Crippen LogP contribution is -2.36. The molecular weight excluding hydrogens is 271 g/mol. The van der Waals surface area contributed by atoms with Crippen LogP contribution in [0.4, 0.5) is 14.9 Å². The van der Waals surface area contributed by atoms with Crippen LogP contribution in [0.15, 0.2) is 54.6 Å². The zero-order valence-corrected chi connectivity index (χ0v) is 11.5. The Morgan fingerprint density at radius 3 is 2.38 bits per heavy atom. The quantitative estimate of drug-likeness (QED) is 0.889. The van der Waals surface area contributed by atoms with Crippen LogP contribution in [0.5, 0.6) is 0 Å². The van der Waals surface area contributed by atoms with Gasteiger partial charge in [-0.05, 0) is 29.8 Å². The standard InChI is InChI=1S/C16H17FN2O2/c17-14-6-8-15(9-7-14)18-16(21)19(10-11-20)12-13-4-2-1-3-5-13/h1-9,20H,10-12H2,(H,18,21). The lowest BCUT2D eigenvalue weighted by atomic mass is 10.2. The normalized spacial score (nSPS) is 10.2. The maximum Gasteiger partial charge on any atom is 0.322 e. The first kappa shape index (κ1) is 15.0. The van der Waals surface area contributed by atoms with E-state index < -0.39 is 0 Å². The minimum Gasteiger partial charge on any atom is -0.395 e. The number of hydrogen-bond donors (Lipinski definition) is 2. The number of aliphatic hydroxyl groups is 1. The van der Waals surface area contributed by atoms with Gasteiger partial charge in [0.25, 0.3) is 0 Å². The summed E-state index contributed by atoms with van der Waals surface area (Å²) >= 11 is 0. The predicted octanol–water partition coefficient (Wildman–Crippen LogP) is 2.85. The topological polar surface area (TPSA) is 52.6 Å². The number of carbonyl (C=O) groups is 1. The summed E-state index contributed by atoms with van der Waals surface area (Å²) in [5, 5.41) is 11.8. The summed E-state index contributed by atoms with van der Waals surface area (Å²) in [6.45, 7) is 0.500. The van der Waals surface area contributed by atoms with Crippen molar-refractivity contribution in [1.29, 1.82) is 0 Å². The number of benzene rings is 2. The number of aliphatic hydroxyl groups excluding tert-OH is 1. The van der Waals surface area contributed by atoms with Crippen LogP contribution < -0.4 is 5.32 Å². The van der Waals surface area contributed by atoms with Crippen molar-refractivity contribution in [1.82, 2.24) is 4.90 Å². The molecule has 0 saturated heterocycles. The smallest absolute Gasteiger partial charge is 0.322 e. The molecule has 0 saturated carbocycles. The van der Waals surface area contributed by atoms with Gasteiger partial charge in [-0.25, -0.2) is 9.18 Å². The highest BCUT2D eigenvalue weighted by Crippen LogP contribution is 2.11.